The predicted octanol–water partition coefficient (Wildman–Crippen LogP) is 3.61. The third kappa shape index (κ3) is 4.78. The molecule has 3 aromatic rings. The number of hydrogen-bond acceptors (Lipinski definition) is 4. The predicted molar refractivity (Wildman–Crippen MR) is 120 cm³/mol. The number of carbonyl (C=O) groups is 3. The molecule has 0 saturated carbocycles. The monoisotopic (exact) mass is 429 g/mol. The second-order valence-electron chi connectivity index (χ2n) is 7.50. The molecular formula is C25H23N3O4. The highest BCUT2D eigenvalue weighted by Gasteiger charge is 2.37. The lowest BCUT2D eigenvalue weighted by atomic mass is 10.1. The number of carbonyl (C=O) groups excluding carboxylic acids is 3. The minimum Gasteiger partial charge on any atom is -0.497 e. The number of amides is 4. The second-order valence-corrected chi connectivity index (χ2v) is 7.50. The Labute approximate surface area is 186 Å². The van der Waals surface area contributed by atoms with Gasteiger partial charge in [0.05, 0.1) is 13.7 Å². The Morgan fingerprint density at radius 2 is 1.62 bits per heavy atom. The van der Waals surface area contributed by atoms with E-state index in [-0.39, 0.29) is 18.4 Å². The maximum absolute atomic E-state index is 12.7. The Bertz CT molecular complexity index is 1110. The van der Waals surface area contributed by atoms with E-state index in [1.165, 1.54) is 4.90 Å². The van der Waals surface area contributed by atoms with E-state index < -0.39 is 12.1 Å². The number of imide groups is 1. The largest absolute Gasteiger partial charge is 0.497 e. The number of anilines is 1. The van der Waals surface area contributed by atoms with Crippen molar-refractivity contribution in [1.29, 1.82) is 0 Å². The van der Waals surface area contributed by atoms with Crippen molar-refractivity contribution in [3.8, 4) is 5.75 Å². The third-order valence-electron chi connectivity index (χ3n) is 5.29. The van der Waals surface area contributed by atoms with E-state index in [1.807, 2.05) is 30.3 Å². The highest BCUT2D eigenvalue weighted by molar-refractivity contribution is 6.05. The Morgan fingerprint density at radius 1 is 0.938 bits per heavy atom. The van der Waals surface area contributed by atoms with Crippen molar-refractivity contribution in [3.05, 3.63) is 95.6 Å². The minimum atomic E-state index is -0.570. The first-order chi connectivity index (χ1) is 15.5. The fourth-order valence-corrected chi connectivity index (χ4v) is 3.54. The molecule has 7 heteroatoms. The molecule has 1 saturated heterocycles. The summed E-state index contributed by atoms with van der Waals surface area (Å²) in [5, 5.41) is 5.57. The van der Waals surface area contributed by atoms with E-state index in [0.717, 1.165) is 11.1 Å². The lowest BCUT2D eigenvalue weighted by Crippen LogP contribution is -2.32. The summed E-state index contributed by atoms with van der Waals surface area (Å²) < 4.78 is 5.11. The van der Waals surface area contributed by atoms with Gasteiger partial charge in [0.1, 0.15) is 11.8 Å². The van der Waals surface area contributed by atoms with E-state index >= 15 is 0 Å². The van der Waals surface area contributed by atoms with Crippen molar-refractivity contribution >= 4 is 23.5 Å². The standard InChI is InChI=1S/C25H23N3O4/c1-32-21-13-11-20(12-14-21)26-23(29)19-9-7-18(8-10-19)16-28-24(30)22(27-25(28)31)15-17-5-3-2-4-6-17/h2-14,22H,15-16H2,1H3,(H,26,29)(H,27,31). The van der Waals surface area contributed by atoms with E-state index in [4.69, 9.17) is 4.74 Å². The van der Waals surface area contributed by atoms with Gasteiger partial charge in [0.15, 0.2) is 0 Å². The van der Waals surface area contributed by atoms with Gasteiger partial charge in [-0.05, 0) is 47.5 Å². The molecule has 1 unspecified atom stereocenters. The number of nitrogens with zero attached hydrogens (tertiary/aromatic N) is 1. The first-order valence-electron chi connectivity index (χ1n) is 10.2. The average Bonchev–Trinajstić information content (AvgIpc) is 3.08. The molecule has 4 amide bonds. The molecule has 0 radical (unpaired) electrons. The molecule has 0 aliphatic carbocycles. The second kappa shape index (κ2) is 9.34. The molecule has 3 aromatic carbocycles. The van der Waals surface area contributed by atoms with E-state index in [2.05, 4.69) is 10.6 Å². The zero-order valence-corrected chi connectivity index (χ0v) is 17.6. The average molecular weight is 429 g/mol. The van der Waals surface area contributed by atoms with Crippen molar-refractivity contribution in [2.24, 2.45) is 0 Å². The van der Waals surface area contributed by atoms with Crippen LogP contribution in [0, 0.1) is 0 Å². The van der Waals surface area contributed by atoms with Crippen LogP contribution in [-0.4, -0.2) is 35.9 Å². The van der Waals surface area contributed by atoms with Gasteiger partial charge in [-0.15, -0.1) is 0 Å². The molecule has 0 bridgehead atoms. The van der Waals surface area contributed by atoms with E-state index in [1.54, 1.807) is 55.6 Å². The van der Waals surface area contributed by atoms with Gasteiger partial charge in [0.25, 0.3) is 11.8 Å². The molecule has 0 spiro atoms. The number of nitrogens with one attached hydrogen (secondary N) is 2. The van der Waals surface area contributed by atoms with Gasteiger partial charge in [0, 0.05) is 17.7 Å². The fourth-order valence-electron chi connectivity index (χ4n) is 3.54. The molecule has 0 aromatic heterocycles. The highest BCUT2D eigenvalue weighted by Crippen LogP contribution is 2.18. The smallest absolute Gasteiger partial charge is 0.325 e. The van der Waals surface area contributed by atoms with Gasteiger partial charge >= 0.3 is 6.03 Å². The summed E-state index contributed by atoms with van der Waals surface area (Å²) >= 11 is 0. The summed E-state index contributed by atoms with van der Waals surface area (Å²) in [4.78, 5) is 38.7. The number of ether oxygens (including phenoxy) is 1. The Kier molecular flexibility index (Phi) is 6.17. The summed E-state index contributed by atoms with van der Waals surface area (Å²) in [6.45, 7) is 0.149. The van der Waals surface area contributed by atoms with E-state index in [0.29, 0.717) is 23.4 Å². The number of methoxy groups -OCH3 is 1. The van der Waals surface area contributed by atoms with Gasteiger partial charge in [-0.1, -0.05) is 42.5 Å². The SMILES string of the molecule is COc1ccc(NC(=O)c2ccc(CN3C(=O)NC(Cc4ccccc4)C3=O)cc2)cc1. The van der Waals surface area contributed by atoms with E-state index in [9.17, 15) is 14.4 Å². The van der Waals surface area contributed by atoms with Gasteiger partial charge in [-0.25, -0.2) is 4.79 Å². The van der Waals surface area contributed by atoms with Crippen LogP contribution in [0.25, 0.3) is 0 Å². The van der Waals surface area contributed by atoms with Crippen molar-refractivity contribution in [2.45, 2.75) is 19.0 Å². The fraction of sp³-hybridized carbons (Fsp3) is 0.160. The third-order valence-corrected chi connectivity index (χ3v) is 5.29. The summed E-state index contributed by atoms with van der Waals surface area (Å²) in [6.07, 6.45) is 0.451. The van der Waals surface area contributed by atoms with Crippen LogP contribution in [0.2, 0.25) is 0 Å². The molecular weight excluding hydrogens is 406 g/mol. The van der Waals surface area contributed by atoms with Crippen LogP contribution in [0.4, 0.5) is 10.5 Å². The van der Waals surface area contributed by atoms with Gasteiger partial charge < -0.3 is 15.4 Å². The molecule has 32 heavy (non-hydrogen) atoms. The molecule has 1 heterocycles. The molecule has 1 fully saturated rings. The molecule has 2 N–H and O–H groups in total. The lowest BCUT2D eigenvalue weighted by molar-refractivity contribution is -0.127. The van der Waals surface area contributed by atoms with Gasteiger partial charge in [-0.3, -0.25) is 14.5 Å². The van der Waals surface area contributed by atoms with Crippen LogP contribution in [0.3, 0.4) is 0 Å². The van der Waals surface area contributed by atoms with Crippen molar-refractivity contribution in [1.82, 2.24) is 10.2 Å². The molecule has 7 nitrogen and oxygen atoms in total. The Hall–Kier alpha value is -4.13. The maximum atomic E-state index is 12.7. The van der Waals surface area contributed by atoms with Crippen LogP contribution in [-0.2, 0) is 17.8 Å². The van der Waals surface area contributed by atoms with Crippen LogP contribution >= 0.6 is 0 Å². The lowest BCUT2D eigenvalue weighted by Gasteiger charge is -2.14. The normalized spacial score (nSPS) is 15.4. The molecule has 1 aliphatic heterocycles. The van der Waals surface area contributed by atoms with Crippen LogP contribution < -0.4 is 15.4 Å². The van der Waals surface area contributed by atoms with Crippen molar-refractivity contribution < 1.29 is 19.1 Å². The van der Waals surface area contributed by atoms with Crippen LogP contribution in [0.1, 0.15) is 21.5 Å². The van der Waals surface area contributed by atoms with Crippen molar-refractivity contribution in [2.75, 3.05) is 12.4 Å². The number of hydrogen-bond donors (Lipinski definition) is 2. The van der Waals surface area contributed by atoms with Gasteiger partial charge in [-0.2, -0.15) is 0 Å². The molecule has 4 rings (SSSR count). The first kappa shape index (κ1) is 21.1. The van der Waals surface area contributed by atoms with Crippen LogP contribution in [0.15, 0.2) is 78.9 Å². The Balaban J connectivity index is 1.37. The summed E-state index contributed by atoms with van der Waals surface area (Å²) in [5.74, 6) is 0.207. The number of urea groups is 1. The maximum Gasteiger partial charge on any atom is 0.325 e. The highest BCUT2D eigenvalue weighted by atomic mass is 16.5. The van der Waals surface area contributed by atoms with Crippen LogP contribution in [0.5, 0.6) is 5.75 Å². The first-order valence-corrected chi connectivity index (χ1v) is 10.2. The number of rotatable bonds is 7. The van der Waals surface area contributed by atoms with Crippen molar-refractivity contribution in [3.63, 3.8) is 0 Å². The summed E-state index contributed by atoms with van der Waals surface area (Å²) in [7, 11) is 1.58. The minimum absolute atomic E-state index is 0.149. The summed E-state index contributed by atoms with van der Waals surface area (Å²) in [5.41, 5.74) is 2.88. The number of benzene rings is 3. The Morgan fingerprint density at radius 3 is 2.28 bits per heavy atom. The zero-order chi connectivity index (χ0) is 22.5. The summed E-state index contributed by atoms with van der Waals surface area (Å²) in [6, 6.07) is 22.5. The molecule has 1 aliphatic rings. The molecule has 1 atom stereocenters. The molecule has 162 valence electrons. The topological polar surface area (TPSA) is 87.7 Å². The van der Waals surface area contributed by atoms with Gasteiger partial charge in [0.2, 0.25) is 0 Å². The quantitative estimate of drug-likeness (QED) is 0.562. The zero-order valence-electron chi connectivity index (χ0n) is 17.6.